The van der Waals surface area contributed by atoms with Crippen LogP contribution in [0.5, 0.6) is 0 Å². The summed E-state index contributed by atoms with van der Waals surface area (Å²) in [6, 6.07) is 12.4. The van der Waals surface area contributed by atoms with Crippen molar-refractivity contribution >= 4 is 22.7 Å². The predicted molar refractivity (Wildman–Crippen MR) is 145 cm³/mol. The molecule has 2 aromatic heterocycles. The maximum Gasteiger partial charge on any atom is 0.363 e. The molecule has 1 fully saturated rings. The number of nitrogens with two attached hydrogens (primary N) is 1. The van der Waals surface area contributed by atoms with Crippen LogP contribution in [0.25, 0.3) is 10.9 Å². The van der Waals surface area contributed by atoms with Crippen molar-refractivity contribution < 1.29 is 14.3 Å². The van der Waals surface area contributed by atoms with Crippen molar-refractivity contribution in [3.05, 3.63) is 69.0 Å². The predicted octanol–water partition coefficient (Wildman–Crippen LogP) is 1.56. The third kappa shape index (κ3) is 5.31. The Labute approximate surface area is 222 Å². The highest BCUT2D eigenvalue weighted by atomic mass is 16.5. The first kappa shape index (κ1) is 26.0. The van der Waals surface area contributed by atoms with E-state index in [0.717, 1.165) is 71.7 Å². The van der Waals surface area contributed by atoms with E-state index in [1.165, 1.54) is 0 Å². The Bertz CT molecular complexity index is 1370. The lowest BCUT2D eigenvalue weighted by Gasteiger charge is -2.35. The minimum absolute atomic E-state index is 0.202. The van der Waals surface area contributed by atoms with E-state index in [4.69, 9.17) is 15.6 Å². The summed E-state index contributed by atoms with van der Waals surface area (Å²) in [5, 5.41) is 14.2. The second-order valence-corrected chi connectivity index (χ2v) is 10.2. The molecule has 0 spiro atoms. The van der Waals surface area contributed by atoms with Gasteiger partial charge in [-0.3, -0.25) is 15.5 Å². The number of piperazine rings is 1. The maximum absolute atomic E-state index is 13.1. The van der Waals surface area contributed by atoms with Gasteiger partial charge in [-0.15, -0.1) is 0 Å². The number of pyridine rings is 1. The van der Waals surface area contributed by atoms with Gasteiger partial charge >= 0.3 is 11.5 Å². The first-order chi connectivity index (χ1) is 18.5. The lowest BCUT2D eigenvalue weighted by molar-refractivity contribution is -0.628. The molecule has 3 aromatic rings. The number of benzene rings is 1. The molecule has 3 heterocycles. The van der Waals surface area contributed by atoms with Crippen LogP contribution in [0.15, 0.2) is 41.2 Å². The normalized spacial score (nSPS) is 17.9. The minimum atomic E-state index is -0.404. The number of nitrogens with zero attached hydrogens (tertiary/aromatic N) is 5. The zero-order valence-corrected chi connectivity index (χ0v) is 22.0. The fraction of sp³-hybridized carbons (Fsp3) is 0.500. The fourth-order valence-corrected chi connectivity index (χ4v) is 5.61. The minimum Gasteiger partial charge on any atom is -0.711 e. The van der Waals surface area contributed by atoms with Crippen LogP contribution < -0.4 is 21.0 Å². The molecular weight excluding hydrogens is 484 g/mol. The number of ether oxygens (including phenoxy) is 1. The average molecular weight is 521 g/mol. The van der Waals surface area contributed by atoms with Gasteiger partial charge in [0.05, 0.1) is 30.0 Å². The summed E-state index contributed by atoms with van der Waals surface area (Å²) in [6.45, 7) is 6.73. The Balaban J connectivity index is 1.13. The number of carbonyl (C=O) groups excluding carboxylic acids is 1. The quantitative estimate of drug-likeness (QED) is 0.156. The van der Waals surface area contributed by atoms with Crippen LogP contribution in [0.4, 0.5) is 5.82 Å². The molecule has 0 radical (unpaired) electrons. The van der Waals surface area contributed by atoms with Crippen molar-refractivity contribution in [2.24, 2.45) is 5.92 Å². The Morgan fingerprint density at radius 3 is 2.74 bits per heavy atom. The van der Waals surface area contributed by atoms with Crippen molar-refractivity contribution in [3.63, 3.8) is 0 Å². The highest BCUT2D eigenvalue weighted by Gasteiger charge is 2.33. The number of para-hydroxylation sites is 1. The van der Waals surface area contributed by atoms with Crippen molar-refractivity contribution in [1.82, 2.24) is 14.6 Å². The number of unbranched alkanes of at least 4 members (excludes halogenated alkanes) is 1. The lowest BCUT2D eigenvalue weighted by atomic mass is 9.87. The molecular formula is C28H36N6O4. The number of anilines is 1. The largest absolute Gasteiger partial charge is 0.711 e. The standard InChI is InChI=1S/C28H36N6O4/c1-2-38-28(36)21-10-12-24-22(19-21)27(35)33(29)26(34(24)37)9-5-6-14-31-15-17-32(18-16-31)25-13-11-20-7-3-4-8-23(20)30-25/h3-4,7-8,11,13,21H,2,5-6,9-10,12,14-19,29H2,1H3. The van der Waals surface area contributed by atoms with Crippen molar-refractivity contribution in [2.75, 3.05) is 50.1 Å². The van der Waals surface area contributed by atoms with Crippen LogP contribution in [0.3, 0.4) is 0 Å². The van der Waals surface area contributed by atoms with Gasteiger partial charge in [-0.2, -0.15) is 0 Å². The number of fused-ring (bicyclic) bond motifs is 2. The van der Waals surface area contributed by atoms with Gasteiger partial charge in [-0.05, 0) is 57.4 Å². The van der Waals surface area contributed by atoms with Gasteiger partial charge < -0.3 is 14.8 Å². The molecule has 10 nitrogen and oxygen atoms in total. The zero-order valence-electron chi connectivity index (χ0n) is 22.0. The van der Waals surface area contributed by atoms with Crippen LogP contribution in [-0.2, 0) is 28.8 Å². The van der Waals surface area contributed by atoms with E-state index in [2.05, 4.69) is 28.0 Å². The van der Waals surface area contributed by atoms with Gasteiger partial charge in [0.25, 0.3) is 5.82 Å². The van der Waals surface area contributed by atoms with Crippen molar-refractivity contribution in [1.29, 1.82) is 0 Å². The number of esters is 1. The molecule has 0 bridgehead atoms. The van der Waals surface area contributed by atoms with Gasteiger partial charge in [0, 0.05) is 38.0 Å². The van der Waals surface area contributed by atoms with Gasteiger partial charge in [-0.25, -0.2) is 14.5 Å². The summed E-state index contributed by atoms with van der Waals surface area (Å²) in [5.74, 6) is 6.64. The summed E-state index contributed by atoms with van der Waals surface area (Å²) in [6.07, 6.45) is 3.18. The Morgan fingerprint density at radius 2 is 1.95 bits per heavy atom. The molecule has 1 unspecified atom stereocenters. The number of nitrogen functional groups attached to an aromatic ring is 1. The summed E-state index contributed by atoms with van der Waals surface area (Å²) < 4.78 is 6.91. The zero-order chi connectivity index (χ0) is 26.6. The smallest absolute Gasteiger partial charge is 0.363 e. The summed E-state index contributed by atoms with van der Waals surface area (Å²) in [4.78, 5) is 34.7. The van der Waals surface area contributed by atoms with E-state index >= 15 is 0 Å². The number of aromatic nitrogens is 3. The molecule has 5 rings (SSSR count). The molecule has 1 saturated heterocycles. The second-order valence-electron chi connectivity index (χ2n) is 10.2. The highest BCUT2D eigenvalue weighted by Crippen LogP contribution is 2.23. The van der Waals surface area contributed by atoms with Crippen LogP contribution >= 0.6 is 0 Å². The van der Waals surface area contributed by atoms with Crippen molar-refractivity contribution in [2.45, 2.75) is 45.4 Å². The highest BCUT2D eigenvalue weighted by molar-refractivity contribution is 5.80. The van der Waals surface area contributed by atoms with E-state index in [1.807, 2.05) is 18.2 Å². The van der Waals surface area contributed by atoms with E-state index < -0.39 is 5.92 Å². The molecule has 10 heteroatoms. The number of rotatable bonds is 8. The first-order valence-electron chi connectivity index (χ1n) is 13.6. The van der Waals surface area contributed by atoms with Crippen LogP contribution in [0, 0.1) is 11.1 Å². The molecule has 38 heavy (non-hydrogen) atoms. The van der Waals surface area contributed by atoms with E-state index in [1.54, 1.807) is 6.92 Å². The third-order valence-corrected chi connectivity index (χ3v) is 7.79. The van der Waals surface area contributed by atoms with E-state index in [0.29, 0.717) is 37.1 Å². The summed E-state index contributed by atoms with van der Waals surface area (Å²) in [7, 11) is 0. The SMILES string of the molecule is CCOC(=O)C1CCc2c(c(=O)n(N)c(CCCCN3CCN(c4ccc5ccccc5n4)CC3)[n+]2[O-])C1. The molecule has 2 aliphatic rings. The number of hydrogen-bond acceptors (Lipinski definition) is 8. The lowest BCUT2D eigenvalue weighted by Crippen LogP contribution is -2.52. The Hall–Kier alpha value is -3.66. The van der Waals surface area contributed by atoms with Gasteiger partial charge in [0.15, 0.2) is 0 Å². The van der Waals surface area contributed by atoms with Crippen LogP contribution in [0.1, 0.15) is 43.3 Å². The maximum atomic E-state index is 13.1. The van der Waals surface area contributed by atoms with Crippen LogP contribution in [-0.4, -0.2) is 59.9 Å². The summed E-state index contributed by atoms with van der Waals surface area (Å²) in [5.41, 5.74) is 1.43. The fourth-order valence-electron chi connectivity index (χ4n) is 5.61. The molecule has 202 valence electrons. The molecule has 1 aromatic carbocycles. The summed E-state index contributed by atoms with van der Waals surface area (Å²) >= 11 is 0. The topological polar surface area (TPSA) is 121 Å². The molecule has 2 N–H and O–H groups in total. The van der Waals surface area contributed by atoms with E-state index in [9.17, 15) is 14.8 Å². The average Bonchev–Trinajstić information content (AvgIpc) is 2.95. The second kappa shape index (κ2) is 11.4. The van der Waals surface area contributed by atoms with Crippen molar-refractivity contribution in [3.8, 4) is 0 Å². The van der Waals surface area contributed by atoms with Gasteiger partial charge in [0.1, 0.15) is 11.5 Å². The number of carbonyl (C=O) groups is 1. The molecule has 0 saturated carbocycles. The monoisotopic (exact) mass is 520 g/mol. The third-order valence-electron chi connectivity index (χ3n) is 7.79. The van der Waals surface area contributed by atoms with Crippen LogP contribution in [0.2, 0.25) is 0 Å². The number of hydrogen-bond donors (Lipinski definition) is 1. The Kier molecular flexibility index (Phi) is 7.78. The van der Waals surface area contributed by atoms with Gasteiger partial charge in [0.2, 0.25) is 0 Å². The molecule has 0 amide bonds. The van der Waals surface area contributed by atoms with E-state index in [-0.39, 0.29) is 23.8 Å². The molecule has 1 aliphatic heterocycles. The molecule has 1 aliphatic carbocycles. The first-order valence-corrected chi connectivity index (χ1v) is 13.6. The molecule has 1 atom stereocenters. The Morgan fingerprint density at radius 1 is 1.16 bits per heavy atom. The van der Waals surface area contributed by atoms with Gasteiger partial charge in [-0.1, -0.05) is 22.9 Å².